The van der Waals surface area contributed by atoms with E-state index in [4.69, 9.17) is 4.74 Å². The quantitative estimate of drug-likeness (QED) is 0.461. The summed E-state index contributed by atoms with van der Waals surface area (Å²) in [6.07, 6.45) is 1.95. The maximum Gasteiger partial charge on any atom is 0.263 e. The predicted molar refractivity (Wildman–Crippen MR) is 129 cm³/mol. The molecule has 36 heavy (non-hydrogen) atoms. The lowest BCUT2D eigenvalue weighted by atomic mass is 9.97. The van der Waals surface area contributed by atoms with E-state index in [1.54, 1.807) is 16.7 Å². The van der Waals surface area contributed by atoms with Crippen LogP contribution in [0.2, 0.25) is 0 Å². The third-order valence-corrected chi connectivity index (χ3v) is 7.28. The molecule has 1 amide bonds. The first-order valence-electron chi connectivity index (χ1n) is 12.2. The van der Waals surface area contributed by atoms with Crippen molar-refractivity contribution >= 4 is 22.8 Å². The largest absolute Gasteiger partial charge is 0.480 e. The van der Waals surface area contributed by atoms with E-state index in [0.717, 1.165) is 5.69 Å². The van der Waals surface area contributed by atoms with E-state index in [9.17, 15) is 19.1 Å². The van der Waals surface area contributed by atoms with Crippen LogP contribution in [0.3, 0.4) is 0 Å². The number of carbonyl (C=O) groups excluding carboxylic acids is 1. The Morgan fingerprint density at radius 3 is 3.00 bits per heavy atom. The second kappa shape index (κ2) is 9.23. The number of aromatic nitrogens is 3. The van der Waals surface area contributed by atoms with Crippen molar-refractivity contribution < 1.29 is 19.0 Å². The molecule has 3 aliphatic rings. The SMILES string of the molecule is O=C1COc2ccc(CNC[C@H]3CN(CC4CCc5c(F)cnc6ccc(=O)n4c56)C[C@H]3O)nc2N1. The van der Waals surface area contributed by atoms with Gasteiger partial charge in [0.15, 0.2) is 18.2 Å². The van der Waals surface area contributed by atoms with Crippen LogP contribution in [0.4, 0.5) is 10.2 Å². The number of hydrogen-bond donors (Lipinski definition) is 3. The summed E-state index contributed by atoms with van der Waals surface area (Å²) in [5.74, 6) is 0.404. The number of fused-ring (bicyclic) bond motifs is 1. The number of aliphatic hydroxyl groups is 1. The van der Waals surface area contributed by atoms with Crippen LogP contribution in [-0.4, -0.2) is 69.3 Å². The molecule has 3 aliphatic heterocycles. The van der Waals surface area contributed by atoms with Crippen molar-refractivity contribution in [2.75, 3.05) is 38.1 Å². The van der Waals surface area contributed by atoms with Gasteiger partial charge in [-0.25, -0.2) is 9.37 Å². The van der Waals surface area contributed by atoms with Gasteiger partial charge in [0.25, 0.3) is 11.5 Å². The van der Waals surface area contributed by atoms with Crippen molar-refractivity contribution in [1.82, 2.24) is 24.8 Å². The number of aryl methyl sites for hydroxylation is 1. The van der Waals surface area contributed by atoms with Gasteiger partial charge in [0.2, 0.25) is 0 Å². The summed E-state index contributed by atoms with van der Waals surface area (Å²) in [7, 11) is 0. The Kier molecular flexibility index (Phi) is 5.90. The Balaban J connectivity index is 1.09. The molecular formula is C25H27FN6O4. The molecule has 11 heteroatoms. The van der Waals surface area contributed by atoms with Crippen LogP contribution < -0.4 is 20.9 Å². The molecule has 0 radical (unpaired) electrons. The zero-order chi connectivity index (χ0) is 24.8. The van der Waals surface area contributed by atoms with E-state index >= 15 is 0 Å². The molecule has 0 aliphatic carbocycles. The molecule has 188 valence electrons. The van der Waals surface area contributed by atoms with Gasteiger partial charge in [-0.2, -0.15) is 0 Å². The topological polar surface area (TPSA) is 122 Å². The van der Waals surface area contributed by atoms with Crippen molar-refractivity contribution in [3.8, 4) is 5.75 Å². The van der Waals surface area contributed by atoms with Crippen LogP contribution in [0.25, 0.3) is 11.0 Å². The van der Waals surface area contributed by atoms with Crippen LogP contribution in [0, 0.1) is 11.7 Å². The van der Waals surface area contributed by atoms with E-state index in [2.05, 4.69) is 25.5 Å². The lowest BCUT2D eigenvalue weighted by Gasteiger charge is -2.31. The maximum absolute atomic E-state index is 14.4. The summed E-state index contributed by atoms with van der Waals surface area (Å²) in [6, 6.07) is 6.68. The highest BCUT2D eigenvalue weighted by atomic mass is 19.1. The molecule has 1 unspecified atom stereocenters. The molecule has 3 aromatic rings. The number of aliphatic hydroxyl groups excluding tert-OH is 1. The standard InChI is InChI=1S/C25H27FN6O4/c26-18-9-28-19-4-6-23(35)32-16(2-3-17(18)24(19)32)11-31-10-14(20(33)12-31)7-27-8-15-1-5-21-25(29-15)30-22(34)13-36-21/h1,4-6,9,14,16,20,27,33H,2-3,7-8,10-13H2,(H,29,30,34)/t14-,16?,20+/m0/s1. The van der Waals surface area contributed by atoms with Gasteiger partial charge in [0.05, 0.1) is 35.1 Å². The Morgan fingerprint density at radius 1 is 1.22 bits per heavy atom. The minimum atomic E-state index is -0.496. The van der Waals surface area contributed by atoms with E-state index in [-0.39, 0.29) is 35.9 Å². The summed E-state index contributed by atoms with van der Waals surface area (Å²) < 4.78 is 21.4. The fourth-order valence-corrected chi connectivity index (χ4v) is 5.56. The number of nitrogens with one attached hydrogen (secondary N) is 2. The number of rotatable bonds is 6. The summed E-state index contributed by atoms with van der Waals surface area (Å²) in [4.78, 5) is 35.1. The first-order chi connectivity index (χ1) is 17.5. The van der Waals surface area contributed by atoms with E-state index in [1.165, 1.54) is 12.3 Å². The average Bonchev–Trinajstić information content (AvgIpc) is 3.21. The fraction of sp³-hybridized carbons (Fsp3) is 0.440. The van der Waals surface area contributed by atoms with E-state index < -0.39 is 6.10 Å². The molecule has 0 saturated carbocycles. The lowest BCUT2D eigenvalue weighted by molar-refractivity contribution is -0.118. The van der Waals surface area contributed by atoms with Gasteiger partial charge >= 0.3 is 0 Å². The number of hydrogen-bond acceptors (Lipinski definition) is 8. The summed E-state index contributed by atoms with van der Waals surface area (Å²) in [5, 5.41) is 16.7. The molecule has 1 fully saturated rings. The fourth-order valence-electron chi connectivity index (χ4n) is 5.56. The summed E-state index contributed by atoms with van der Waals surface area (Å²) in [6.45, 7) is 2.88. The Hall–Kier alpha value is -3.41. The zero-order valence-electron chi connectivity index (χ0n) is 19.6. The predicted octanol–water partition coefficient (Wildman–Crippen LogP) is 0.831. The normalized spacial score (nSPS) is 23.4. The average molecular weight is 495 g/mol. The molecular weight excluding hydrogens is 467 g/mol. The molecule has 3 atom stereocenters. The molecule has 6 heterocycles. The molecule has 3 aromatic heterocycles. The van der Waals surface area contributed by atoms with E-state index in [0.29, 0.717) is 73.7 Å². The first kappa shape index (κ1) is 23.0. The van der Waals surface area contributed by atoms with Crippen molar-refractivity contribution in [3.05, 3.63) is 57.9 Å². The summed E-state index contributed by atoms with van der Waals surface area (Å²) >= 11 is 0. The second-order valence-corrected chi connectivity index (χ2v) is 9.72. The van der Waals surface area contributed by atoms with Crippen molar-refractivity contribution in [1.29, 1.82) is 0 Å². The van der Waals surface area contributed by atoms with Crippen LogP contribution in [0.1, 0.15) is 23.7 Å². The summed E-state index contributed by atoms with van der Waals surface area (Å²) in [5.41, 5.74) is 2.38. The van der Waals surface area contributed by atoms with E-state index in [1.807, 2.05) is 6.07 Å². The van der Waals surface area contributed by atoms with Crippen molar-refractivity contribution in [2.24, 2.45) is 5.92 Å². The zero-order valence-corrected chi connectivity index (χ0v) is 19.6. The number of carbonyl (C=O) groups is 1. The number of anilines is 1. The number of β-amino-alcohol motifs (C(OH)–C–C–N with tert-alkyl or cyclic N) is 1. The van der Waals surface area contributed by atoms with Gasteiger partial charge in [-0.1, -0.05) is 0 Å². The van der Waals surface area contributed by atoms with Gasteiger partial charge in [-0.15, -0.1) is 0 Å². The maximum atomic E-state index is 14.4. The van der Waals surface area contributed by atoms with Crippen LogP contribution in [-0.2, 0) is 17.8 Å². The molecule has 0 aromatic carbocycles. The number of halogens is 1. The third-order valence-electron chi connectivity index (χ3n) is 7.28. The second-order valence-electron chi connectivity index (χ2n) is 9.72. The Labute approximate surface area is 206 Å². The van der Waals surface area contributed by atoms with Gasteiger partial charge in [0.1, 0.15) is 5.82 Å². The van der Waals surface area contributed by atoms with Gasteiger partial charge < -0.3 is 25.0 Å². The lowest BCUT2D eigenvalue weighted by Crippen LogP contribution is -2.37. The van der Waals surface area contributed by atoms with Crippen molar-refractivity contribution in [2.45, 2.75) is 31.5 Å². The molecule has 10 nitrogen and oxygen atoms in total. The minimum absolute atomic E-state index is 0.00667. The van der Waals surface area contributed by atoms with Gasteiger partial charge in [-0.3, -0.25) is 19.5 Å². The minimum Gasteiger partial charge on any atom is -0.480 e. The number of amides is 1. The number of nitrogens with zero attached hydrogens (tertiary/aromatic N) is 4. The molecule has 0 spiro atoms. The molecule has 1 saturated heterocycles. The highest BCUT2D eigenvalue weighted by Gasteiger charge is 2.34. The van der Waals surface area contributed by atoms with Crippen LogP contribution in [0.15, 0.2) is 35.3 Å². The number of pyridine rings is 3. The number of likely N-dealkylation sites (tertiary alicyclic amines) is 1. The Morgan fingerprint density at radius 2 is 2.11 bits per heavy atom. The third kappa shape index (κ3) is 4.23. The highest BCUT2D eigenvalue weighted by Crippen LogP contribution is 2.31. The van der Waals surface area contributed by atoms with Crippen molar-refractivity contribution in [3.63, 3.8) is 0 Å². The number of ether oxygens (including phenoxy) is 1. The smallest absolute Gasteiger partial charge is 0.263 e. The molecule has 0 bridgehead atoms. The highest BCUT2D eigenvalue weighted by molar-refractivity contribution is 5.94. The molecule has 3 N–H and O–H groups in total. The van der Waals surface area contributed by atoms with Crippen LogP contribution >= 0.6 is 0 Å². The monoisotopic (exact) mass is 494 g/mol. The molecule has 6 rings (SSSR count). The first-order valence-corrected chi connectivity index (χ1v) is 12.2. The van der Waals surface area contributed by atoms with Crippen LogP contribution in [0.5, 0.6) is 5.75 Å². The van der Waals surface area contributed by atoms with Gasteiger partial charge in [0, 0.05) is 50.3 Å². The Bertz CT molecular complexity index is 1390. The van der Waals surface area contributed by atoms with Gasteiger partial charge in [-0.05, 0) is 31.0 Å².